The Balaban J connectivity index is 2.24. The molecular weight excluding hydrogens is 214 g/mol. The lowest BCUT2D eigenvalue weighted by Gasteiger charge is -2.10. The van der Waals surface area contributed by atoms with Crippen LogP contribution in [0, 0.1) is 0 Å². The Morgan fingerprint density at radius 2 is 2.29 bits per heavy atom. The summed E-state index contributed by atoms with van der Waals surface area (Å²) in [4.78, 5) is 7.70. The molecule has 1 aromatic heterocycles. The minimum Gasteiger partial charge on any atom is -0.388 e. The van der Waals surface area contributed by atoms with Crippen molar-refractivity contribution in [3.63, 3.8) is 0 Å². The molecule has 0 amide bonds. The van der Waals surface area contributed by atoms with Gasteiger partial charge in [0.2, 0.25) is 0 Å². The number of aliphatic hydroxyl groups excluding tert-OH is 1. The number of hydrogen-bond donors (Lipinski definition) is 3. The maximum atomic E-state index is 10.0. The molecule has 0 bridgehead atoms. The van der Waals surface area contributed by atoms with Crippen molar-refractivity contribution < 1.29 is 5.11 Å². The molecule has 2 aromatic rings. The zero-order valence-electron chi connectivity index (χ0n) is 10.3. The Morgan fingerprint density at radius 1 is 1.47 bits per heavy atom. The number of rotatable bonds is 5. The van der Waals surface area contributed by atoms with Gasteiger partial charge in [-0.25, -0.2) is 4.98 Å². The molecule has 0 saturated carbocycles. The van der Waals surface area contributed by atoms with Crippen LogP contribution in [0.25, 0.3) is 11.0 Å². The molecule has 92 valence electrons. The predicted molar refractivity (Wildman–Crippen MR) is 69.0 cm³/mol. The van der Waals surface area contributed by atoms with E-state index in [1.165, 1.54) is 0 Å². The summed E-state index contributed by atoms with van der Waals surface area (Å²) in [6, 6.07) is 5.90. The van der Waals surface area contributed by atoms with E-state index in [4.69, 9.17) is 0 Å². The zero-order valence-corrected chi connectivity index (χ0v) is 10.3. The number of H-pyrrole nitrogens is 1. The van der Waals surface area contributed by atoms with Gasteiger partial charge in [0.15, 0.2) is 0 Å². The van der Waals surface area contributed by atoms with E-state index in [9.17, 15) is 5.11 Å². The molecule has 0 aliphatic heterocycles. The van der Waals surface area contributed by atoms with Gasteiger partial charge >= 0.3 is 0 Å². The maximum absolute atomic E-state index is 10.0. The van der Waals surface area contributed by atoms with Crippen molar-refractivity contribution >= 4 is 11.0 Å². The van der Waals surface area contributed by atoms with Crippen LogP contribution in [0.4, 0.5) is 0 Å². The fraction of sp³-hybridized carbons (Fsp3) is 0.462. The summed E-state index contributed by atoms with van der Waals surface area (Å²) >= 11 is 0. The van der Waals surface area contributed by atoms with E-state index in [1.54, 1.807) is 0 Å². The van der Waals surface area contributed by atoms with Gasteiger partial charge in [-0.05, 0) is 37.7 Å². The van der Waals surface area contributed by atoms with Crippen LogP contribution in [-0.4, -0.2) is 28.7 Å². The minimum atomic E-state index is -0.416. The number of aryl methyl sites for hydroxylation is 1. The average Bonchev–Trinajstić information content (AvgIpc) is 2.77. The van der Waals surface area contributed by atoms with E-state index in [1.807, 2.05) is 25.2 Å². The Labute approximate surface area is 101 Å². The standard InChI is InChI=1S/C13H19N3O/c1-3-13-15-10-5-4-9(8-11(10)16-13)12(17)6-7-14-2/h4-5,8,12,14,17H,3,6-7H2,1-2H3,(H,15,16). The normalized spacial score (nSPS) is 13.1. The number of nitrogens with zero attached hydrogens (tertiary/aromatic N) is 1. The van der Waals surface area contributed by atoms with Gasteiger partial charge in [0.1, 0.15) is 5.82 Å². The molecule has 0 spiro atoms. The summed E-state index contributed by atoms with van der Waals surface area (Å²) in [6.45, 7) is 2.88. The van der Waals surface area contributed by atoms with Crippen LogP contribution in [0.3, 0.4) is 0 Å². The van der Waals surface area contributed by atoms with Crippen LogP contribution in [0.15, 0.2) is 18.2 Å². The SMILES string of the molecule is CCc1nc2ccc(C(O)CCNC)cc2[nH]1. The van der Waals surface area contributed by atoms with Crippen molar-refractivity contribution in [2.45, 2.75) is 25.9 Å². The van der Waals surface area contributed by atoms with Gasteiger partial charge < -0.3 is 15.4 Å². The van der Waals surface area contributed by atoms with Gasteiger partial charge in [0, 0.05) is 6.42 Å². The molecule has 4 nitrogen and oxygen atoms in total. The molecule has 0 saturated heterocycles. The molecule has 1 unspecified atom stereocenters. The minimum absolute atomic E-state index is 0.416. The van der Waals surface area contributed by atoms with E-state index in [-0.39, 0.29) is 0 Å². The maximum Gasteiger partial charge on any atom is 0.106 e. The number of fused-ring (bicyclic) bond motifs is 1. The van der Waals surface area contributed by atoms with Gasteiger partial charge in [-0.2, -0.15) is 0 Å². The van der Waals surface area contributed by atoms with Crippen molar-refractivity contribution in [3.8, 4) is 0 Å². The van der Waals surface area contributed by atoms with Crippen LogP contribution in [0.1, 0.15) is 30.8 Å². The average molecular weight is 233 g/mol. The van der Waals surface area contributed by atoms with E-state index in [0.717, 1.165) is 41.8 Å². The van der Waals surface area contributed by atoms with E-state index >= 15 is 0 Å². The molecule has 17 heavy (non-hydrogen) atoms. The molecule has 4 heteroatoms. The number of aliphatic hydroxyl groups is 1. The van der Waals surface area contributed by atoms with Gasteiger partial charge in [-0.3, -0.25) is 0 Å². The fourth-order valence-corrected chi connectivity index (χ4v) is 1.90. The molecule has 0 radical (unpaired) electrons. The second kappa shape index (κ2) is 5.29. The number of benzene rings is 1. The molecule has 1 atom stereocenters. The third-order valence-electron chi connectivity index (χ3n) is 2.94. The summed E-state index contributed by atoms with van der Waals surface area (Å²) in [5.74, 6) is 0.988. The van der Waals surface area contributed by atoms with Crippen LogP contribution in [-0.2, 0) is 6.42 Å². The van der Waals surface area contributed by atoms with Gasteiger partial charge in [0.25, 0.3) is 0 Å². The third kappa shape index (κ3) is 2.65. The van der Waals surface area contributed by atoms with Crippen LogP contribution in [0.2, 0.25) is 0 Å². The van der Waals surface area contributed by atoms with Crippen LogP contribution in [0.5, 0.6) is 0 Å². The molecular formula is C13H19N3O. The highest BCUT2D eigenvalue weighted by molar-refractivity contribution is 5.76. The second-order valence-electron chi connectivity index (χ2n) is 4.22. The molecule has 3 N–H and O–H groups in total. The lowest BCUT2D eigenvalue weighted by atomic mass is 10.1. The summed E-state index contributed by atoms with van der Waals surface area (Å²) in [5, 5.41) is 13.0. The monoisotopic (exact) mass is 233 g/mol. The highest BCUT2D eigenvalue weighted by Gasteiger charge is 2.09. The lowest BCUT2D eigenvalue weighted by molar-refractivity contribution is 0.168. The number of hydrogen-bond acceptors (Lipinski definition) is 3. The Hall–Kier alpha value is -1.39. The topological polar surface area (TPSA) is 60.9 Å². The van der Waals surface area contributed by atoms with Gasteiger partial charge in [-0.15, -0.1) is 0 Å². The summed E-state index contributed by atoms with van der Waals surface area (Å²) < 4.78 is 0. The van der Waals surface area contributed by atoms with Crippen molar-refractivity contribution in [2.75, 3.05) is 13.6 Å². The highest BCUT2D eigenvalue weighted by Crippen LogP contribution is 2.21. The molecule has 1 aromatic carbocycles. The van der Waals surface area contributed by atoms with Crippen LogP contribution < -0.4 is 5.32 Å². The fourth-order valence-electron chi connectivity index (χ4n) is 1.90. The van der Waals surface area contributed by atoms with E-state index < -0.39 is 6.10 Å². The molecule has 2 rings (SSSR count). The quantitative estimate of drug-likeness (QED) is 0.737. The predicted octanol–water partition coefficient (Wildman–Crippen LogP) is 1.77. The number of nitrogens with one attached hydrogen (secondary N) is 2. The summed E-state index contributed by atoms with van der Waals surface area (Å²) in [5.41, 5.74) is 2.91. The van der Waals surface area contributed by atoms with Crippen LogP contribution >= 0.6 is 0 Å². The largest absolute Gasteiger partial charge is 0.388 e. The number of imidazole rings is 1. The molecule has 1 heterocycles. The zero-order chi connectivity index (χ0) is 12.3. The van der Waals surface area contributed by atoms with E-state index in [0.29, 0.717) is 0 Å². The first-order valence-electron chi connectivity index (χ1n) is 6.05. The third-order valence-corrected chi connectivity index (χ3v) is 2.94. The number of aromatic amines is 1. The summed E-state index contributed by atoms with van der Waals surface area (Å²) in [7, 11) is 1.89. The first kappa shape index (κ1) is 12.1. The Kier molecular flexibility index (Phi) is 3.76. The van der Waals surface area contributed by atoms with Crippen molar-refractivity contribution in [1.29, 1.82) is 0 Å². The number of aromatic nitrogens is 2. The van der Waals surface area contributed by atoms with E-state index in [2.05, 4.69) is 22.2 Å². The molecule has 0 aliphatic carbocycles. The van der Waals surface area contributed by atoms with Crippen molar-refractivity contribution in [3.05, 3.63) is 29.6 Å². The Bertz CT molecular complexity index is 492. The highest BCUT2D eigenvalue weighted by atomic mass is 16.3. The lowest BCUT2D eigenvalue weighted by Crippen LogP contribution is -2.11. The van der Waals surface area contributed by atoms with Crippen molar-refractivity contribution in [2.24, 2.45) is 0 Å². The van der Waals surface area contributed by atoms with Gasteiger partial charge in [0.05, 0.1) is 17.1 Å². The smallest absolute Gasteiger partial charge is 0.106 e. The summed E-state index contributed by atoms with van der Waals surface area (Å²) in [6.07, 6.45) is 1.20. The van der Waals surface area contributed by atoms with Gasteiger partial charge in [-0.1, -0.05) is 13.0 Å². The van der Waals surface area contributed by atoms with Crippen molar-refractivity contribution in [1.82, 2.24) is 15.3 Å². The second-order valence-corrected chi connectivity index (χ2v) is 4.22. The molecule has 0 fully saturated rings. The Morgan fingerprint density at radius 3 is 3.00 bits per heavy atom. The first-order valence-corrected chi connectivity index (χ1v) is 6.05. The molecule has 0 aliphatic rings. The first-order chi connectivity index (χ1) is 8.24.